The van der Waals surface area contributed by atoms with Gasteiger partial charge in [-0.1, -0.05) is 0 Å². The number of nitrogens with zero attached hydrogens (tertiary/aromatic N) is 2. The first kappa shape index (κ1) is 12.7. The fraction of sp³-hybridized carbons (Fsp3) is 0.538. The lowest BCUT2D eigenvalue weighted by atomic mass is 10.0. The summed E-state index contributed by atoms with van der Waals surface area (Å²) in [5.74, 6) is 0.977. The van der Waals surface area contributed by atoms with Crippen LogP contribution in [0.15, 0.2) is 12.3 Å². The summed E-state index contributed by atoms with van der Waals surface area (Å²) < 4.78 is 0. The van der Waals surface area contributed by atoms with Gasteiger partial charge in [0.1, 0.15) is 5.82 Å². The number of nitrogens with two attached hydrogens (primary N) is 1. The molecule has 0 radical (unpaired) electrons. The van der Waals surface area contributed by atoms with Gasteiger partial charge >= 0.3 is 0 Å². The summed E-state index contributed by atoms with van der Waals surface area (Å²) in [4.78, 5) is 17.6. The van der Waals surface area contributed by atoms with Gasteiger partial charge < -0.3 is 16.0 Å². The molecule has 0 aliphatic carbocycles. The van der Waals surface area contributed by atoms with E-state index < -0.39 is 0 Å². The number of nitrogens with one attached hydrogen (secondary N) is 1. The van der Waals surface area contributed by atoms with E-state index in [2.05, 4.69) is 15.2 Å². The molecule has 0 unspecified atom stereocenters. The molecule has 1 aliphatic heterocycles. The van der Waals surface area contributed by atoms with Gasteiger partial charge in [0.05, 0.1) is 0 Å². The minimum atomic E-state index is 0.0474. The van der Waals surface area contributed by atoms with E-state index in [9.17, 15) is 4.79 Å². The molecule has 1 fully saturated rings. The van der Waals surface area contributed by atoms with Crippen molar-refractivity contribution in [2.45, 2.75) is 32.7 Å². The van der Waals surface area contributed by atoms with Crippen molar-refractivity contribution in [3.63, 3.8) is 0 Å². The number of carbonyl (C=O) groups excluding carboxylic acids is 1. The maximum atomic E-state index is 11.0. The number of aromatic nitrogens is 1. The number of nitrogen functional groups attached to an aromatic ring is 1. The van der Waals surface area contributed by atoms with Gasteiger partial charge in [-0.3, -0.25) is 4.79 Å². The average Bonchev–Trinajstić information content (AvgIpc) is 2.33. The summed E-state index contributed by atoms with van der Waals surface area (Å²) >= 11 is 0. The number of hydrogen-bond acceptors (Lipinski definition) is 4. The lowest BCUT2D eigenvalue weighted by molar-refractivity contribution is -0.119. The van der Waals surface area contributed by atoms with Gasteiger partial charge in [-0.15, -0.1) is 0 Å². The first-order chi connectivity index (χ1) is 8.56. The van der Waals surface area contributed by atoms with Gasteiger partial charge in [-0.25, -0.2) is 4.98 Å². The summed E-state index contributed by atoms with van der Waals surface area (Å²) in [5.41, 5.74) is 7.68. The van der Waals surface area contributed by atoms with Crippen LogP contribution >= 0.6 is 0 Å². The van der Waals surface area contributed by atoms with E-state index >= 15 is 0 Å². The Morgan fingerprint density at radius 2 is 2.17 bits per heavy atom. The first-order valence-electron chi connectivity index (χ1n) is 6.30. The molecular weight excluding hydrogens is 228 g/mol. The number of amides is 1. The predicted octanol–water partition coefficient (Wildman–Crippen LogP) is 1.08. The normalized spacial score (nSPS) is 16.7. The molecule has 18 heavy (non-hydrogen) atoms. The lowest BCUT2D eigenvalue weighted by Gasteiger charge is -2.33. The largest absolute Gasteiger partial charge is 0.398 e. The Morgan fingerprint density at radius 3 is 2.72 bits per heavy atom. The van der Waals surface area contributed by atoms with E-state index in [0.29, 0.717) is 6.04 Å². The highest BCUT2D eigenvalue weighted by Crippen LogP contribution is 2.21. The van der Waals surface area contributed by atoms with Gasteiger partial charge in [0, 0.05) is 44.0 Å². The molecule has 1 saturated heterocycles. The first-order valence-corrected chi connectivity index (χ1v) is 6.30. The van der Waals surface area contributed by atoms with Gasteiger partial charge in [-0.05, 0) is 25.3 Å². The number of anilines is 2. The van der Waals surface area contributed by atoms with Crippen LogP contribution in [0.5, 0.6) is 0 Å². The Kier molecular flexibility index (Phi) is 3.69. The Hall–Kier alpha value is -1.78. The number of pyridine rings is 1. The summed E-state index contributed by atoms with van der Waals surface area (Å²) in [5, 5.41) is 2.96. The van der Waals surface area contributed by atoms with Crippen LogP contribution < -0.4 is 16.0 Å². The number of hydrogen-bond donors (Lipinski definition) is 2. The molecule has 0 saturated carbocycles. The van der Waals surface area contributed by atoms with Crippen molar-refractivity contribution >= 4 is 17.4 Å². The van der Waals surface area contributed by atoms with Crippen LogP contribution in [0.25, 0.3) is 0 Å². The molecule has 1 aromatic rings. The van der Waals surface area contributed by atoms with Crippen molar-refractivity contribution in [3.8, 4) is 0 Å². The zero-order valence-electron chi connectivity index (χ0n) is 10.9. The molecule has 0 aromatic carbocycles. The zero-order chi connectivity index (χ0) is 13.1. The summed E-state index contributed by atoms with van der Waals surface area (Å²) in [6.07, 6.45) is 3.72. The van der Waals surface area contributed by atoms with E-state index in [0.717, 1.165) is 43.0 Å². The lowest BCUT2D eigenvalue weighted by Crippen LogP contribution is -2.44. The minimum Gasteiger partial charge on any atom is -0.398 e. The maximum absolute atomic E-state index is 11.0. The van der Waals surface area contributed by atoms with Gasteiger partial charge in [0.25, 0.3) is 0 Å². The van der Waals surface area contributed by atoms with E-state index in [1.54, 1.807) is 6.92 Å². The fourth-order valence-corrected chi connectivity index (χ4v) is 2.24. The van der Waals surface area contributed by atoms with Crippen molar-refractivity contribution in [2.75, 3.05) is 23.7 Å². The molecule has 3 N–H and O–H groups in total. The van der Waals surface area contributed by atoms with Crippen LogP contribution in [0, 0.1) is 6.92 Å². The Bertz CT molecular complexity index is 439. The van der Waals surface area contributed by atoms with Crippen molar-refractivity contribution < 1.29 is 4.79 Å². The van der Waals surface area contributed by atoms with Crippen LogP contribution in [-0.4, -0.2) is 30.0 Å². The highest BCUT2D eigenvalue weighted by atomic mass is 16.1. The molecule has 1 amide bonds. The SMILES string of the molecule is CC(=O)NC1CCN(c2cc(N)c(C)cn2)CC1. The van der Waals surface area contributed by atoms with E-state index in [1.165, 1.54) is 0 Å². The molecular formula is C13H20N4O. The zero-order valence-corrected chi connectivity index (χ0v) is 10.9. The van der Waals surface area contributed by atoms with E-state index in [-0.39, 0.29) is 5.91 Å². The van der Waals surface area contributed by atoms with E-state index in [1.807, 2.05) is 19.2 Å². The minimum absolute atomic E-state index is 0.0474. The number of piperidine rings is 1. The van der Waals surface area contributed by atoms with Crippen molar-refractivity contribution in [2.24, 2.45) is 0 Å². The molecule has 2 heterocycles. The third-order valence-electron chi connectivity index (χ3n) is 3.36. The van der Waals surface area contributed by atoms with Gasteiger partial charge in [0.15, 0.2) is 0 Å². The molecule has 1 aliphatic rings. The highest BCUT2D eigenvalue weighted by Gasteiger charge is 2.20. The molecule has 98 valence electrons. The summed E-state index contributed by atoms with van der Waals surface area (Å²) in [7, 11) is 0. The van der Waals surface area contributed by atoms with Crippen molar-refractivity contribution in [3.05, 3.63) is 17.8 Å². The highest BCUT2D eigenvalue weighted by molar-refractivity contribution is 5.73. The molecule has 0 bridgehead atoms. The van der Waals surface area contributed by atoms with Crippen molar-refractivity contribution in [1.29, 1.82) is 0 Å². The van der Waals surface area contributed by atoms with Crippen LogP contribution in [-0.2, 0) is 4.79 Å². The second-order valence-electron chi connectivity index (χ2n) is 4.86. The van der Waals surface area contributed by atoms with E-state index in [4.69, 9.17) is 5.73 Å². The molecule has 5 heteroatoms. The summed E-state index contributed by atoms with van der Waals surface area (Å²) in [6.45, 7) is 5.32. The van der Waals surface area contributed by atoms with Crippen molar-refractivity contribution in [1.82, 2.24) is 10.3 Å². The Morgan fingerprint density at radius 1 is 1.50 bits per heavy atom. The average molecular weight is 248 g/mol. The molecule has 0 atom stereocenters. The predicted molar refractivity (Wildman–Crippen MR) is 72.4 cm³/mol. The number of carbonyl (C=O) groups is 1. The molecule has 0 spiro atoms. The second-order valence-corrected chi connectivity index (χ2v) is 4.86. The molecule has 2 rings (SSSR count). The monoisotopic (exact) mass is 248 g/mol. The van der Waals surface area contributed by atoms with Crippen LogP contribution in [0.1, 0.15) is 25.3 Å². The third-order valence-corrected chi connectivity index (χ3v) is 3.36. The van der Waals surface area contributed by atoms with Gasteiger partial charge in [0.2, 0.25) is 5.91 Å². The molecule has 5 nitrogen and oxygen atoms in total. The number of rotatable bonds is 2. The second kappa shape index (κ2) is 5.25. The standard InChI is InChI=1S/C13H20N4O/c1-9-8-15-13(7-12(9)14)17-5-3-11(4-6-17)16-10(2)18/h7-8,11H,3-6H2,1-2H3,(H2,14,15)(H,16,18). The Labute approximate surface area is 107 Å². The maximum Gasteiger partial charge on any atom is 0.217 e. The van der Waals surface area contributed by atoms with Gasteiger partial charge in [-0.2, -0.15) is 0 Å². The number of aryl methyl sites for hydroxylation is 1. The summed E-state index contributed by atoms with van der Waals surface area (Å²) in [6, 6.07) is 2.22. The van der Waals surface area contributed by atoms with Crippen LogP contribution in [0.4, 0.5) is 11.5 Å². The topological polar surface area (TPSA) is 71.2 Å². The smallest absolute Gasteiger partial charge is 0.217 e. The molecule has 1 aromatic heterocycles. The Balaban J connectivity index is 1.96. The van der Waals surface area contributed by atoms with Crippen LogP contribution in [0.2, 0.25) is 0 Å². The van der Waals surface area contributed by atoms with Crippen LogP contribution in [0.3, 0.4) is 0 Å². The third kappa shape index (κ3) is 2.91. The fourth-order valence-electron chi connectivity index (χ4n) is 2.24. The quantitative estimate of drug-likeness (QED) is 0.821.